The third-order valence-corrected chi connectivity index (χ3v) is 4.58. The van der Waals surface area contributed by atoms with E-state index in [2.05, 4.69) is 39.2 Å². The van der Waals surface area contributed by atoms with Crippen LogP contribution >= 0.6 is 0 Å². The molecule has 3 rings (SSSR count). The molecule has 2 N–H and O–H groups in total. The summed E-state index contributed by atoms with van der Waals surface area (Å²) in [6, 6.07) is 8.65. The smallest absolute Gasteiger partial charge is 0.128 e. The molecule has 1 aliphatic heterocycles. The first kappa shape index (κ1) is 16.7. The van der Waals surface area contributed by atoms with Gasteiger partial charge in [0.15, 0.2) is 0 Å². The summed E-state index contributed by atoms with van der Waals surface area (Å²) in [5, 5.41) is 12.6. The van der Waals surface area contributed by atoms with Crippen LogP contribution in [0.3, 0.4) is 0 Å². The average molecular weight is 326 g/mol. The summed E-state index contributed by atoms with van der Waals surface area (Å²) < 4.78 is 0. The molecule has 1 fully saturated rings. The Kier molecular flexibility index (Phi) is 5.64. The number of aliphatic hydroxyl groups excluding tert-OH is 1. The molecule has 24 heavy (non-hydrogen) atoms. The second-order valence-corrected chi connectivity index (χ2v) is 6.45. The van der Waals surface area contributed by atoms with Gasteiger partial charge in [-0.1, -0.05) is 6.07 Å². The molecule has 3 heterocycles. The van der Waals surface area contributed by atoms with Crippen molar-refractivity contribution < 1.29 is 5.11 Å². The first-order valence-corrected chi connectivity index (χ1v) is 8.75. The largest absolute Gasteiger partial charge is 0.396 e. The molecule has 1 atom stereocenters. The van der Waals surface area contributed by atoms with Crippen molar-refractivity contribution in [3.05, 3.63) is 47.8 Å². The number of rotatable bonds is 6. The first-order chi connectivity index (χ1) is 11.8. The van der Waals surface area contributed by atoms with Gasteiger partial charge in [0.05, 0.1) is 0 Å². The van der Waals surface area contributed by atoms with E-state index in [0.717, 1.165) is 36.6 Å². The molecule has 2 aromatic heterocycles. The van der Waals surface area contributed by atoms with Gasteiger partial charge in [-0.15, -0.1) is 0 Å². The molecule has 1 aliphatic rings. The second-order valence-electron chi connectivity index (χ2n) is 6.45. The molecule has 0 saturated carbocycles. The number of aryl methyl sites for hydroxylation is 1. The maximum absolute atomic E-state index is 9.26. The van der Waals surface area contributed by atoms with Crippen LogP contribution in [0.15, 0.2) is 36.7 Å². The zero-order valence-electron chi connectivity index (χ0n) is 14.3. The number of aromatic nitrogens is 2. The lowest BCUT2D eigenvalue weighted by Gasteiger charge is -2.36. The summed E-state index contributed by atoms with van der Waals surface area (Å²) in [7, 11) is 0. The summed E-state index contributed by atoms with van der Waals surface area (Å²) in [5.74, 6) is 1.91. The van der Waals surface area contributed by atoms with E-state index in [4.69, 9.17) is 0 Å². The van der Waals surface area contributed by atoms with Crippen LogP contribution in [0.1, 0.15) is 36.8 Å². The van der Waals surface area contributed by atoms with E-state index in [-0.39, 0.29) is 6.61 Å². The highest BCUT2D eigenvalue weighted by atomic mass is 16.3. The lowest BCUT2D eigenvalue weighted by atomic mass is 9.99. The maximum atomic E-state index is 9.26. The van der Waals surface area contributed by atoms with E-state index in [9.17, 15) is 5.11 Å². The molecule has 5 heteroatoms. The van der Waals surface area contributed by atoms with Gasteiger partial charge in [0.25, 0.3) is 0 Å². The van der Waals surface area contributed by atoms with Gasteiger partial charge in [-0.2, -0.15) is 0 Å². The van der Waals surface area contributed by atoms with Gasteiger partial charge in [-0.3, -0.25) is 0 Å². The topological polar surface area (TPSA) is 61.3 Å². The van der Waals surface area contributed by atoms with Crippen molar-refractivity contribution in [3.8, 4) is 0 Å². The quantitative estimate of drug-likeness (QED) is 0.854. The van der Waals surface area contributed by atoms with Gasteiger partial charge in [-0.25, -0.2) is 9.97 Å². The van der Waals surface area contributed by atoms with Crippen molar-refractivity contribution >= 4 is 11.6 Å². The molecule has 0 spiro atoms. The highest BCUT2D eigenvalue weighted by Crippen LogP contribution is 2.25. The summed E-state index contributed by atoms with van der Waals surface area (Å²) in [4.78, 5) is 11.3. The molecule has 1 saturated heterocycles. The number of aliphatic hydroxyl groups is 1. The molecule has 0 amide bonds. The van der Waals surface area contributed by atoms with Crippen molar-refractivity contribution in [1.82, 2.24) is 9.97 Å². The third kappa shape index (κ3) is 4.23. The van der Waals surface area contributed by atoms with Crippen molar-refractivity contribution in [2.75, 3.05) is 23.4 Å². The van der Waals surface area contributed by atoms with Gasteiger partial charge < -0.3 is 15.3 Å². The van der Waals surface area contributed by atoms with E-state index in [1.54, 1.807) is 0 Å². The monoisotopic (exact) mass is 326 g/mol. The van der Waals surface area contributed by atoms with Crippen LogP contribution in [0, 0.1) is 6.92 Å². The number of nitrogens with one attached hydrogen (secondary N) is 1. The maximum Gasteiger partial charge on any atom is 0.128 e. The minimum atomic E-state index is 0.243. The van der Waals surface area contributed by atoms with Crippen molar-refractivity contribution in [1.29, 1.82) is 0 Å². The number of nitrogens with zero attached hydrogens (tertiary/aromatic N) is 3. The van der Waals surface area contributed by atoms with Crippen LogP contribution in [0.4, 0.5) is 11.6 Å². The fourth-order valence-electron chi connectivity index (χ4n) is 3.27. The summed E-state index contributed by atoms with van der Waals surface area (Å²) >= 11 is 0. The molecule has 0 aromatic carbocycles. The van der Waals surface area contributed by atoms with Gasteiger partial charge in [0.2, 0.25) is 0 Å². The van der Waals surface area contributed by atoms with Crippen molar-refractivity contribution in [2.24, 2.45) is 0 Å². The van der Waals surface area contributed by atoms with E-state index in [0.29, 0.717) is 12.6 Å². The summed E-state index contributed by atoms with van der Waals surface area (Å²) in [6.07, 6.45) is 8.16. The van der Waals surface area contributed by atoms with Gasteiger partial charge >= 0.3 is 0 Å². The lowest BCUT2D eigenvalue weighted by molar-refractivity contribution is 0.262. The van der Waals surface area contributed by atoms with Crippen molar-refractivity contribution in [3.63, 3.8) is 0 Å². The molecule has 2 aromatic rings. The van der Waals surface area contributed by atoms with E-state index < -0.39 is 0 Å². The Bertz CT molecular complexity index is 642. The minimum Gasteiger partial charge on any atom is -0.396 e. The van der Waals surface area contributed by atoms with E-state index >= 15 is 0 Å². The predicted octanol–water partition coefficient (Wildman–Crippen LogP) is 3.14. The Hall–Kier alpha value is -2.14. The Balaban J connectivity index is 1.62. The Morgan fingerprint density at radius 1 is 1.25 bits per heavy atom. The Morgan fingerprint density at radius 2 is 2.17 bits per heavy atom. The predicted molar refractivity (Wildman–Crippen MR) is 97.2 cm³/mol. The standard InChI is InChI=1S/C19H26N4O/c1-15-7-9-20-18(12-15)21-13-16-5-6-19(22-14-16)23-10-3-2-4-17(23)8-11-24/h5-7,9,12,14,17,24H,2-4,8,10-11,13H2,1H3,(H,20,21). The SMILES string of the molecule is Cc1ccnc(NCc2ccc(N3CCCCC3CCO)nc2)c1. The van der Waals surface area contributed by atoms with Crippen LogP contribution in [0.5, 0.6) is 0 Å². The van der Waals surface area contributed by atoms with E-state index in [1.165, 1.54) is 18.4 Å². The average Bonchev–Trinajstić information content (AvgIpc) is 2.61. The van der Waals surface area contributed by atoms with Gasteiger partial charge in [-0.05, 0) is 61.9 Å². The number of piperidine rings is 1. The Labute approximate surface area is 143 Å². The zero-order chi connectivity index (χ0) is 16.8. The molecule has 5 nitrogen and oxygen atoms in total. The molecule has 0 bridgehead atoms. The van der Waals surface area contributed by atoms with E-state index in [1.807, 2.05) is 24.5 Å². The number of pyridine rings is 2. The fourth-order valence-corrected chi connectivity index (χ4v) is 3.27. The summed E-state index contributed by atoms with van der Waals surface area (Å²) in [6.45, 7) is 4.05. The first-order valence-electron chi connectivity index (χ1n) is 8.75. The third-order valence-electron chi connectivity index (χ3n) is 4.58. The highest BCUT2D eigenvalue weighted by Gasteiger charge is 2.22. The Morgan fingerprint density at radius 3 is 2.92 bits per heavy atom. The van der Waals surface area contributed by atoms with Gasteiger partial charge in [0, 0.05) is 38.1 Å². The van der Waals surface area contributed by atoms with Crippen LogP contribution in [0.25, 0.3) is 0 Å². The van der Waals surface area contributed by atoms with Crippen LogP contribution in [-0.2, 0) is 6.54 Å². The second kappa shape index (κ2) is 8.11. The molecule has 128 valence electrons. The number of hydrogen-bond donors (Lipinski definition) is 2. The molecule has 1 unspecified atom stereocenters. The van der Waals surface area contributed by atoms with Crippen LogP contribution in [-0.4, -0.2) is 34.3 Å². The number of hydrogen-bond acceptors (Lipinski definition) is 5. The molecular formula is C19H26N4O. The van der Waals surface area contributed by atoms with Crippen molar-refractivity contribution in [2.45, 2.75) is 45.2 Å². The molecule has 0 radical (unpaired) electrons. The van der Waals surface area contributed by atoms with Crippen LogP contribution < -0.4 is 10.2 Å². The zero-order valence-corrected chi connectivity index (χ0v) is 14.3. The molecule has 0 aliphatic carbocycles. The normalized spacial score (nSPS) is 17.8. The minimum absolute atomic E-state index is 0.243. The highest BCUT2D eigenvalue weighted by molar-refractivity contribution is 5.42. The molecular weight excluding hydrogens is 300 g/mol. The summed E-state index contributed by atoms with van der Waals surface area (Å²) in [5.41, 5.74) is 2.33. The fraction of sp³-hybridized carbons (Fsp3) is 0.474. The van der Waals surface area contributed by atoms with Gasteiger partial charge in [0.1, 0.15) is 11.6 Å². The lowest BCUT2D eigenvalue weighted by Crippen LogP contribution is -2.40. The van der Waals surface area contributed by atoms with Crippen LogP contribution in [0.2, 0.25) is 0 Å². The number of anilines is 2.